The lowest BCUT2D eigenvalue weighted by Crippen LogP contribution is -2.61. The van der Waals surface area contributed by atoms with Crippen LogP contribution in [0.25, 0.3) is 0 Å². The minimum atomic E-state index is -3.90. The van der Waals surface area contributed by atoms with Gasteiger partial charge in [-0.05, 0) is 31.4 Å². The third-order valence-electron chi connectivity index (χ3n) is 3.45. The van der Waals surface area contributed by atoms with E-state index >= 15 is 0 Å². The van der Waals surface area contributed by atoms with Gasteiger partial charge >= 0.3 is 11.8 Å². The van der Waals surface area contributed by atoms with Crippen molar-refractivity contribution in [1.29, 1.82) is 0 Å². The summed E-state index contributed by atoms with van der Waals surface area (Å²) < 4.78 is 27.5. The summed E-state index contributed by atoms with van der Waals surface area (Å²) in [5.41, 5.74) is 1.75. The molecule has 21 heavy (non-hydrogen) atoms. The number of amides is 1. The molecule has 0 unspecified atom stereocenters. The molecule has 9 heteroatoms. The number of nitro benzene ring substituents is 1. The summed E-state index contributed by atoms with van der Waals surface area (Å²) >= 11 is 0. The molecule has 3 N–H and O–H groups in total. The molecule has 0 bridgehead atoms. The van der Waals surface area contributed by atoms with Crippen molar-refractivity contribution in [3.63, 3.8) is 0 Å². The number of halogens is 2. The molecule has 1 aromatic carbocycles. The summed E-state index contributed by atoms with van der Waals surface area (Å²) in [5.74, 6) is -5.55. The van der Waals surface area contributed by atoms with Crippen LogP contribution in [0.1, 0.15) is 19.3 Å². The molecule has 0 saturated heterocycles. The standard InChI is InChI=1S/C12H13F2N3O4/c13-12(14,11(19)6-1-7-11)10(18)16-15-8-2-4-9(5-3-8)17(20)21/h2-5,15,19H,1,6-7H2,(H,16,18). The topological polar surface area (TPSA) is 104 Å². The number of carbonyl (C=O) groups excluding carboxylic acids is 1. The number of hydrazine groups is 1. The Balaban J connectivity index is 1.96. The first-order valence-electron chi connectivity index (χ1n) is 6.17. The number of nitrogens with one attached hydrogen (secondary N) is 2. The third-order valence-corrected chi connectivity index (χ3v) is 3.45. The highest BCUT2D eigenvalue weighted by Crippen LogP contribution is 2.44. The van der Waals surface area contributed by atoms with Crippen LogP contribution in [0.4, 0.5) is 20.2 Å². The van der Waals surface area contributed by atoms with E-state index in [-0.39, 0.29) is 24.2 Å². The first-order chi connectivity index (χ1) is 9.76. The number of nitro groups is 1. The number of hydrogen-bond donors (Lipinski definition) is 3. The van der Waals surface area contributed by atoms with Gasteiger partial charge in [-0.15, -0.1) is 0 Å². The molecule has 1 amide bonds. The van der Waals surface area contributed by atoms with Gasteiger partial charge in [0.1, 0.15) is 5.60 Å². The molecule has 0 aromatic heterocycles. The highest BCUT2D eigenvalue weighted by molar-refractivity contribution is 5.86. The van der Waals surface area contributed by atoms with E-state index in [2.05, 4.69) is 5.43 Å². The Kier molecular flexibility index (Phi) is 3.77. The molecule has 7 nitrogen and oxygen atoms in total. The Bertz CT molecular complexity index is 558. The molecule has 0 aliphatic heterocycles. The highest BCUT2D eigenvalue weighted by Gasteiger charge is 2.61. The number of non-ortho nitro benzene ring substituents is 1. The predicted molar refractivity (Wildman–Crippen MR) is 68.6 cm³/mol. The van der Waals surface area contributed by atoms with Crippen LogP contribution in [0.5, 0.6) is 0 Å². The van der Waals surface area contributed by atoms with E-state index in [4.69, 9.17) is 0 Å². The lowest BCUT2D eigenvalue weighted by Gasteiger charge is -2.41. The fraction of sp³-hybridized carbons (Fsp3) is 0.417. The molecular weight excluding hydrogens is 288 g/mol. The van der Waals surface area contributed by atoms with Crippen molar-refractivity contribution in [2.24, 2.45) is 0 Å². The third kappa shape index (κ3) is 2.77. The Morgan fingerprint density at radius 2 is 1.90 bits per heavy atom. The van der Waals surface area contributed by atoms with Crippen LogP contribution < -0.4 is 10.9 Å². The molecule has 114 valence electrons. The summed E-state index contributed by atoms with van der Waals surface area (Å²) in [7, 11) is 0. The van der Waals surface area contributed by atoms with E-state index in [0.717, 1.165) is 12.1 Å². The number of alkyl halides is 2. The molecule has 1 saturated carbocycles. The van der Waals surface area contributed by atoms with Gasteiger partial charge in [0.2, 0.25) is 0 Å². The number of anilines is 1. The summed E-state index contributed by atoms with van der Waals surface area (Å²) in [6, 6.07) is 4.83. The second-order valence-electron chi connectivity index (χ2n) is 4.84. The molecule has 0 heterocycles. The van der Waals surface area contributed by atoms with Crippen LogP contribution in [0.3, 0.4) is 0 Å². The number of benzene rings is 1. The summed E-state index contributed by atoms with van der Waals surface area (Å²) in [5, 5.41) is 20.0. The number of carbonyl (C=O) groups is 1. The number of hydrogen-bond acceptors (Lipinski definition) is 5. The Hall–Kier alpha value is -2.29. The van der Waals surface area contributed by atoms with Crippen LogP contribution in [0.15, 0.2) is 24.3 Å². The molecular formula is C12H13F2N3O4. The lowest BCUT2D eigenvalue weighted by atomic mass is 9.75. The molecule has 1 aliphatic rings. The molecule has 1 fully saturated rings. The Morgan fingerprint density at radius 3 is 2.33 bits per heavy atom. The maximum absolute atomic E-state index is 13.7. The zero-order valence-corrected chi connectivity index (χ0v) is 10.8. The zero-order valence-electron chi connectivity index (χ0n) is 10.8. The fourth-order valence-corrected chi connectivity index (χ4v) is 1.91. The van der Waals surface area contributed by atoms with Crippen molar-refractivity contribution in [3.8, 4) is 0 Å². The fourth-order valence-electron chi connectivity index (χ4n) is 1.91. The highest BCUT2D eigenvalue weighted by atomic mass is 19.3. The number of rotatable bonds is 5. The number of nitrogens with zero attached hydrogens (tertiary/aromatic N) is 1. The van der Waals surface area contributed by atoms with Crippen molar-refractivity contribution in [3.05, 3.63) is 34.4 Å². The molecule has 2 rings (SSSR count). The molecule has 1 aliphatic carbocycles. The lowest BCUT2D eigenvalue weighted by molar-refractivity contribution is -0.384. The first-order valence-corrected chi connectivity index (χ1v) is 6.17. The Morgan fingerprint density at radius 1 is 1.33 bits per heavy atom. The van der Waals surface area contributed by atoms with Gasteiger partial charge in [-0.25, -0.2) is 0 Å². The second-order valence-corrected chi connectivity index (χ2v) is 4.84. The normalized spacial score (nSPS) is 16.7. The monoisotopic (exact) mass is 301 g/mol. The SMILES string of the molecule is O=C(NNc1ccc([N+](=O)[O-])cc1)C(F)(F)C1(O)CCC1. The first kappa shape index (κ1) is 15.1. The minimum Gasteiger partial charge on any atom is -0.383 e. The molecule has 0 atom stereocenters. The van der Waals surface area contributed by atoms with Crippen LogP contribution >= 0.6 is 0 Å². The smallest absolute Gasteiger partial charge is 0.354 e. The van der Waals surface area contributed by atoms with Gasteiger partial charge < -0.3 is 5.11 Å². The van der Waals surface area contributed by atoms with Gasteiger partial charge in [-0.3, -0.25) is 25.8 Å². The maximum Gasteiger partial charge on any atom is 0.354 e. The van der Waals surface area contributed by atoms with Crippen LogP contribution in [-0.4, -0.2) is 27.5 Å². The van der Waals surface area contributed by atoms with Gasteiger partial charge in [-0.1, -0.05) is 0 Å². The van der Waals surface area contributed by atoms with Crippen molar-refractivity contribution in [2.75, 3.05) is 5.43 Å². The summed E-state index contributed by atoms with van der Waals surface area (Å²) in [4.78, 5) is 21.3. The van der Waals surface area contributed by atoms with Crippen molar-refractivity contribution in [2.45, 2.75) is 30.8 Å². The zero-order chi connectivity index (χ0) is 15.7. The van der Waals surface area contributed by atoms with Gasteiger partial charge in [0.15, 0.2) is 0 Å². The maximum atomic E-state index is 13.7. The van der Waals surface area contributed by atoms with Gasteiger partial charge in [0.05, 0.1) is 10.6 Å². The van der Waals surface area contributed by atoms with Crippen molar-refractivity contribution >= 4 is 17.3 Å². The Labute approximate surface area is 118 Å². The summed E-state index contributed by atoms with van der Waals surface area (Å²) in [6.07, 6.45) is 0.172. The van der Waals surface area contributed by atoms with Crippen LogP contribution in [-0.2, 0) is 4.79 Å². The molecule has 0 spiro atoms. The van der Waals surface area contributed by atoms with Gasteiger partial charge in [0, 0.05) is 12.1 Å². The largest absolute Gasteiger partial charge is 0.383 e. The summed E-state index contributed by atoms with van der Waals surface area (Å²) in [6.45, 7) is 0. The van der Waals surface area contributed by atoms with E-state index in [9.17, 15) is 28.8 Å². The van der Waals surface area contributed by atoms with E-state index in [0.29, 0.717) is 6.42 Å². The minimum absolute atomic E-state index is 0.134. The van der Waals surface area contributed by atoms with E-state index < -0.39 is 22.4 Å². The van der Waals surface area contributed by atoms with E-state index in [1.54, 1.807) is 5.43 Å². The van der Waals surface area contributed by atoms with Crippen molar-refractivity contribution in [1.82, 2.24) is 5.43 Å². The quantitative estimate of drug-likeness (QED) is 0.566. The molecule has 0 radical (unpaired) electrons. The van der Waals surface area contributed by atoms with Crippen molar-refractivity contribution < 1.29 is 23.6 Å². The second kappa shape index (κ2) is 5.24. The van der Waals surface area contributed by atoms with Crippen LogP contribution in [0, 0.1) is 10.1 Å². The predicted octanol–water partition coefficient (Wildman–Crippen LogP) is 1.59. The van der Waals surface area contributed by atoms with Crippen LogP contribution in [0.2, 0.25) is 0 Å². The van der Waals surface area contributed by atoms with Gasteiger partial charge in [0.25, 0.3) is 5.69 Å². The van der Waals surface area contributed by atoms with Gasteiger partial charge in [-0.2, -0.15) is 8.78 Å². The average Bonchev–Trinajstić information content (AvgIpc) is 2.42. The number of aliphatic hydroxyl groups is 1. The average molecular weight is 301 g/mol. The van der Waals surface area contributed by atoms with E-state index in [1.165, 1.54) is 12.1 Å². The molecule has 1 aromatic rings. The van der Waals surface area contributed by atoms with E-state index in [1.807, 2.05) is 0 Å².